The second kappa shape index (κ2) is 8.92. The Morgan fingerprint density at radius 1 is 1.16 bits per heavy atom. The van der Waals surface area contributed by atoms with Crippen molar-refractivity contribution in [2.75, 3.05) is 40.6 Å². The molecule has 1 N–H and O–H groups in total. The van der Waals surface area contributed by atoms with E-state index >= 15 is 0 Å². The molecule has 0 bridgehead atoms. The minimum Gasteiger partial charge on any atom is -0.507 e. The minimum atomic E-state index is -0.735. The molecule has 2 heterocycles. The summed E-state index contributed by atoms with van der Waals surface area (Å²) in [5, 5.41) is 11.2. The number of carbonyl (C=O) groups excluding carboxylic acids is 2. The van der Waals surface area contributed by atoms with Crippen LogP contribution in [0.25, 0.3) is 5.76 Å². The molecule has 1 fully saturated rings. The van der Waals surface area contributed by atoms with Gasteiger partial charge in [0.2, 0.25) is 6.79 Å². The lowest BCUT2D eigenvalue weighted by atomic mass is 9.95. The summed E-state index contributed by atoms with van der Waals surface area (Å²) in [7, 11) is 3.79. The average molecular weight is 438 g/mol. The van der Waals surface area contributed by atoms with E-state index in [1.54, 1.807) is 24.3 Å². The molecule has 2 aromatic rings. The van der Waals surface area contributed by atoms with Gasteiger partial charge in [0.1, 0.15) is 11.5 Å². The fourth-order valence-electron chi connectivity index (χ4n) is 3.91. The number of ether oxygens (including phenoxy) is 3. The van der Waals surface area contributed by atoms with E-state index in [-0.39, 0.29) is 18.1 Å². The molecule has 0 radical (unpaired) electrons. The normalized spacial score (nSPS) is 19.1. The van der Waals surface area contributed by atoms with Crippen LogP contribution in [0.1, 0.15) is 24.1 Å². The number of likely N-dealkylation sites (tertiary alicyclic amines) is 1. The molecular weight excluding hydrogens is 412 g/mol. The van der Waals surface area contributed by atoms with Gasteiger partial charge in [-0.2, -0.15) is 0 Å². The number of amides is 1. The highest BCUT2D eigenvalue weighted by Crippen LogP contribution is 2.41. The van der Waals surface area contributed by atoms with Crippen LogP contribution in [0, 0.1) is 0 Å². The molecule has 1 atom stereocenters. The zero-order valence-electron chi connectivity index (χ0n) is 18.3. The Morgan fingerprint density at radius 2 is 1.94 bits per heavy atom. The Labute approximate surface area is 186 Å². The van der Waals surface area contributed by atoms with Crippen molar-refractivity contribution in [1.82, 2.24) is 9.80 Å². The zero-order chi connectivity index (χ0) is 22.8. The Balaban J connectivity index is 1.82. The summed E-state index contributed by atoms with van der Waals surface area (Å²) in [6.45, 7) is 3.37. The number of Topliss-reactive ketones (excluding diaryl/α,β-unsaturated/α-hetero) is 1. The van der Waals surface area contributed by atoms with Gasteiger partial charge >= 0.3 is 0 Å². The third-order valence-corrected chi connectivity index (χ3v) is 5.46. The number of likely N-dealkylation sites (N-methyl/N-ethyl adjacent to an activating group) is 1. The number of aliphatic hydroxyl groups excluding tert-OH is 1. The summed E-state index contributed by atoms with van der Waals surface area (Å²) < 4.78 is 16.3. The molecule has 8 nitrogen and oxygen atoms in total. The van der Waals surface area contributed by atoms with Gasteiger partial charge in [-0.15, -0.1) is 0 Å². The number of hydrogen-bond donors (Lipinski definition) is 1. The highest BCUT2D eigenvalue weighted by atomic mass is 16.7. The maximum absolute atomic E-state index is 13.1. The van der Waals surface area contributed by atoms with E-state index < -0.39 is 17.7 Å². The van der Waals surface area contributed by atoms with Crippen LogP contribution in [-0.2, 0) is 9.59 Å². The highest BCUT2D eigenvalue weighted by Gasteiger charge is 2.46. The van der Waals surface area contributed by atoms with E-state index in [1.165, 1.54) is 4.90 Å². The number of rotatable bonds is 7. The van der Waals surface area contributed by atoms with Gasteiger partial charge in [-0.25, -0.2) is 0 Å². The Morgan fingerprint density at radius 3 is 2.69 bits per heavy atom. The van der Waals surface area contributed by atoms with Crippen molar-refractivity contribution >= 4 is 17.4 Å². The third kappa shape index (κ3) is 4.01. The summed E-state index contributed by atoms with van der Waals surface area (Å²) in [4.78, 5) is 29.5. The number of fused-ring (bicyclic) bond motifs is 1. The smallest absolute Gasteiger partial charge is 0.295 e. The molecule has 0 saturated carbocycles. The third-order valence-electron chi connectivity index (χ3n) is 5.46. The Kier molecular flexibility index (Phi) is 6.05. The Hall–Kier alpha value is -3.52. The van der Waals surface area contributed by atoms with Crippen LogP contribution in [0.4, 0.5) is 0 Å². The molecule has 4 rings (SSSR count). The van der Waals surface area contributed by atoms with Crippen molar-refractivity contribution in [1.29, 1.82) is 0 Å². The van der Waals surface area contributed by atoms with Crippen molar-refractivity contribution < 1.29 is 28.9 Å². The number of benzene rings is 2. The van der Waals surface area contributed by atoms with E-state index in [2.05, 4.69) is 0 Å². The van der Waals surface area contributed by atoms with Gasteiger partial charge in [-0.05, 0) is 56.9 Å². The molecule has 0 aromatic heterocycles. The summed E-state index contributed by atoms with van der Waals surface area (Å²) in [5.41, 5.74) is 1.11. The minimum absolute atomic E-state index is 0.0428. The molecule has 0 spiro atoms. The van der Waals surface area contributed by atoms with Gasteiger partial charge in [-0.3, -0.25) is 9.59 Å². The number of aliphatic hydroxyl groups is 1. The molecule has 2 aliphatic rings. The zero-order valence-corrected chi connectivity index (χ0v) is 18.3. The summed E-state index contributed by atoms with van der Waals surface area (Å²) >= 11 is 0. The molecule has 1 amide bonds. The second-order valence-electron chi connectivity index (χ2n) is 7.87. The molecular formula is C24H26N2O6. The second-order valence-corrected chi connectivity index (χ2v) is 7.87. The van der Waals surface area contributed by atoms with Gasteiger partial charge in [0.05, 0.1) is 18.2 Å². The number of nitrogens with zero attached hydrogens (tertiary/aromatic N) is 2. The maximum Gasteiger partial charge on any atom is 0.295 e. The van der Waals surface area contributed by atoms with Crippen LogP contribution >= 0.6 is 0 Å². The van der Waals surface area contributed by atoms with Crippen molar-refractivity contribution in [2.45, 2.75) is 13.0 Å². The van der Waals surface area contributed by atoms with E-state index in [9.17, 15) is 14.7 Å². The molecule has 1 saturated heterocycles. The first kappa shape index (κ1) is 21.7. The van der Waals surface area contributed by atoms with Gasteiger partial charge in [-0.1, -0.05) is 12.1 Å². The van der Waals surface area contributed by atoms with Gasteiger partial charge in [0, 0.05) is 18.7 Å². The first-order chi connectivity index (χ1) is 15.4. The lowest BCUT2D eigenvalue weighted by Crippen LogP contribution is -2.35. The summed E-state index contributed by atoms with van der Waals surface area (Å²) in [6, 6.07) is 11.4. The van der Waals surface area contributed by atoms with Gasteiger partial charge in [0.25, 0.3) is 11.7 Å². The highest BCUT2D eigenvalue weighted by molar-refractivity contribution is 6.46. The summed E-state index contributed by atoms with van der Waals surface area (Å²) in [6.07, 6.45) is 0. The molecule has 32 heavy (non-hydrogen) atoms. The van der Waals surface area contributed by atoms with Crippen LogP contribution in [0.15, 0.2) is 48.0 Å². The fourth-order valence-corrected chi connectivity index (χ4v) is 3.91. The molecule has 0 aliphatic carbocycles. The molecule has 168 valence electrons. The SMILES string of the molecule is CCOc1cccc(C2/C(=C(/O)c3ccc4c(c3)OCO4)C(=O)C(=O)N2CCN(C)C)c1. The predicted octanol–water partition coefficient (Wildman–Crippen LogP) is 2.80. The van der Waals surface area contributed by atoms with E-state index in [4.69, 9.17) is 14.2 Å². The van der Waals surface area contributed by atoms with Crippen LogP contribution < -0.4 is 14.2 Å². The van der Waals surface area contributed by atoms with Crippen molar-refractivity contribution in [3.8, 4) is 17.2 Å². The first-order valence-electron chi connectivity index (χ1n) is 10.5. The van der Waals surface area contributed by atoms with E-state index in [0.29, 0.717) is 48.1 Å². The lowest BCUT2D eigenvalue weighted by Gasteiger charge is -2.27. The monoisotopic (exact) mass is 438 g/mol. The molecule has 2 aliphatic heterocycles. The van der Waals surface area contributed by atoms with Gasteiger partial charge in [0.15, 0.2) is 11.5 Å². The predicted molar refractivity (Wildman–Crippen MR) is 118 cm³/mol. The van der Waals surface area contributed by atoms with E-state index in [0.717, 1.165) is 0 Å². The standard InChI is InChI=1S/C24H26N2O6/c1-4-30-17-7-5-6-15(12-17)21-20(23(28)24(29)26(21)11-10-25(2)3)22(27)16-8-9-18-19(13-16)32-14-31-18/h5-9,12-13,21,27H,4,10-11,14H2,1-3H3/b22-20-. The number of carbonyl (C=O) groups is 2. The number of ketones is 1. The van der Waals surface area contributed by atoms with Crippen molar-refractivity contribution in [3.05, 3.63) is 59.2 Å². The fraction of sp³-hybridized carbons (Fsp3) is 0.333. The van der Waals surface area contributed by atoms with Crippen LogP contribution in [0.3, 0.4) is 0 Å². The largest absolute Gasteiger partial charge is 0.507 e. The van der Waals surface area contributed by atoms with Crippen LogP contribution in [0.5, 0.6) is 17.2 Å². The van der Waals surface area contributed by atoms with E-state index in [1.807, 2.05) is 44.1 Å². The van der Waals surface area contributed by atoms with Crippen molar-refractivity contribution in [3.63, 3.8) is 0 Å². The average Bonchev–Trinajstić information content (AvgIpc) is 3.34. The first-order valence-corrected chi connectivity index (χ1v) is 10.5. The Bertz CT molecular complexity index is 1080. The van der Waals surface area contributed by atoms with Crippen LogP contribution in [-0.4, -0.2) is 67.2 Å². The maximum atomic E-state index is 13.1. The lowest BCUT2D eigenvalue weighted by molar-refractivity contribution is -0.140. The molecule has 1 unspecified atom stereocenters. The summed E-state index contributed by atoms with van der Waals surface area (Å²) in [5.74, 6) is 0.0681. The van der Waals surface area contributed by atoms with Gasteiger partial charge < -0.3 is 29.1 Å². The van der Waals surface area contributed by atoms with Crippen LogP contribution in [0.2, 0.25) is 0 Å². The quantitative estimate of drug-likeness (QED) is 0.404. The molecule has 2 aromatic carbocycles. The molecule has 8 heteroatoms. The van der Waals surface area contributed by atoms with Crippen molar-refractivity contribution in [2.24, 2.45) is 0 Å². The topological polar surface area (TPSA) is 88.5 Å². The number of hydrogen-bond acceptors (Lipinski definition) is 7.